The van der Waals surface area contributed by atoms with Crippen LogP contribution in [-0.4, -0.2) is 56.3 Å². The molecule has 0 radical (unpaired) electrons. The van der Waals surface area contributed by atoms with Gasteiger partial charge in [0.1, 0.15) is 11.8 Å². The number of nitrogens with one attached hydrogen (secondary N) is 3. The van der Waals surface area contributed by atoms with Gasteiger partial charge in [0.05, 0.1) is 42.0 Å². The van der Waals surface area contributed by atoms with E-state index in [0.717, 1.165) is 38.5 Å². The second-order valence-corrected chi connectivity index (χ2v) is 9.73. The highest BCUT2D eigenvalue weighted by Gasteiger charge is 2.38. The molecule has 0 spiro atoms. The molecule has 2 aliphatic carbocycles. The van der Waals surface area contributed by atoms with Crippen molar-refractivity contribution in [3.63, 3.8) is 0 Å². The Morgan fingerprint density at radius 3 is 2.47 bits per heavy atom. The highest BCUT2D eigenvalue weighted by molar-refractivity contribution is 6.00. The molecular weight excluding hydrogens is 460 g/mol. The maximum Gasteiger partial charge on any atom is 0.407 e. The normalized spacial score (nSPS) is 20.2. The van der Waals surface area contributed by atoms with Gasteiger partial charge in [-0.25, -0.2) is 14.3 Å². The second kappa shape index (κ2) is 9.45. The fourth-order valence-corrected chi connectivity index (χ4v) is 4.50. The number of fused-ring (bicyclic) bond motifs is 1. The number of imidazole rings is 1. The lowest BCUT2D eigenvalue weighted by atomic mass is 9.91. The molecule has 3 aromatic heterocycles. The molecule has 0 aliphatic heterocycles. The molecule has 0 aromatic carbocycles. The summed E-state index contributed by atoms with van der Waals surface area (Å²) in [6, 6.07) is 5.67. The van der Waals surface area contributed by atoms with Crippen LogP contribution in [-0.2, 0) is 4.74 Å². The van der Waals surface area contributed by atoms with Crippen LogP contribution in [0.4, 0.5) is 10.5 Å². The van der Waals surface area contributed by atoms with E-state index in [-0.39, 0.29) is 23.5 Å². The molecule has 2 saturated carbocycles. The number of hydrogen-bond acceptors (Lipinski definition) is 8. The maximum absolute atomic E-state index is 13.3. The third-order valence-electron chi connectivity index (χ3n) is 6.91. The molecule has 2 aliphatic rings. The quantitative estimate of drug-likeness (QED) is 0.480. The van der Waals surface area contributed by atoms with Crippen LogP contribution in [0.15, 0.2) is 30.7 Å². The summed E-state index contributed by atoms with van der Waals surface area (Å²) in [6.45, 7) is 2.13. The van der Waals surface area contributed by atoms with Crippen molar-refractivity contribution in [1.29, 1.82) is 5.26 Å². The highest BCUT2D eigenvalue weighted by Crippen LogP contribution is 2.39. The molecule has 0 bridgehead atoms. The van der Waals surface area contributed by atoms with Gasteiger partial charge in [0, 0.05) is 29.9 Å². The Kier molecular flexibility index (Phi) is 6.18. The van der Waals surface area contributed by atoms with Crippen LogP contribution >= 0.6 is 0 Å². The molecule has 0 unspecified atom stereocenters. The molecule has 3 heterocycles. The Morgan fingerprint density at radius 2 is 1.81 bits per heavy atom. The van der Waals surface area contributed by atoms with Gasteiger partial charge >= 0.3 is 6.09 Å². The number of amides is 2. The highest BCUT2D eigenvalue weighted by atomic mass is 16.5. The van der Waals surface area contributed by atoms with Crippen molar-refractivity contribution >= 4 is 23.3 Å². The van der Waals surface area contributed by atoms with Gasteiger partial charge in [-0.15, -0.1) is 0 Å². The number of ether oxygens (including phenoxy) is 1. The van der Waals surface area contributed by atoms with Crippen LogP contribution in [0.3, 0.4) is 0 Å². The van der Waals surface area contributed by atoms with Crippen LogP contribution in [0.2, 0.25) is 0 Å². The van der Waals surface area contributed by atoms with Gasteiger partial charge in [0.2, 0.25) is 0 Å². The van der Waals surface area contributed by atoms with Gasteiger partial charge in [0.15, 0.2) is 5.65 Å². The first-order valence-electron chi connectivity index (χ1n) is 12.1. The van der Waals surface area contributed by atoms with Gasteiger partial charge in [-0.05, 0) is 51.5 Å². The minimum absolute atomic E-state index is 0.0227. The number of rotatable bonds is 6. The lowest BCUT2D eigenvalue weighted by Gasteiger charge is -2.29. The zero-order valence-corrected chi connectivity index (χ0v) is 20.2. The number of pyridine rings is 1. The lowest BCUT2D eigenvalue weighted by Crippen LogP contribution is -2.44. The van der Waals surface area contributed by atoms with Crippen molar-refractivity contribution in [3.05, 3.63) is 41.9 Å². The van der Waals surface area contributed by atoms with E-state index in [9.17, 15) is 9.59 Å². The zero-order valence-electron chi connectivity index (χ0n) is 20.2. The van der Waals surface area contributed by atoms with Gasteiger partial charge in [-0.2, -0.15) is 10.4 Å². The van der Waals surface area contributed by atoms with Crippen molar-refractivity contribution in [2.75, 3.05) is 12.4 Å². The predicted molar refractivity (Wildman–Crippen MR) is 131 cm³/mol. The van der Waals surface area contributed by atoms with Gasteiger partial charge < -0.3 is 20.7 Å². The Balaban J connectivity index is 1.35. The summed E-state index contributed by atoms with van der Waals surface area (Å²) in [5.74, 6) is -0.180. The fraction of sp³-hybridized carbons (Fsp3) is 0.440. The van der Waals surface area contributed by atoms with Gasteiger partial charge in [-0.1, -0.05) is 0 Å². The lowest BCUT2D eigenvalue weighted by molar-refractivity contribution is 0.0923. The van der Waals surface area contributed by atoms with Crippen LogP contribution in [0, 0.1) is 11.3 Å². The summed E-state index contributed by atoms with van der Waals surface area (Å²) < 4.78 is 6.31. The van der Waals surface area contributed by atoms with E-state index in [2.05, 4.69) is 48.7 Å². The van der Waals surface area contributed by atoms with Crippen LogP contribution in [0.1, 0.15) is 61.4 Å². The largest absolute Gasteiger partial charge is 0.453 e. The van der Waals surface area contributed by atoms with Crippen molar-refractivity contribution in [1.82, 2.24) is 30.2 Å². The maximum atomic E-state index is 13.3. The topological polar surface area (TPSA) is 146 Å². The van der Waals surface area contributed by atoms with Crippen molar-refractivity contribution in [2.45, 2.75) is 63.1 Å². The number of nitriles is 1. The Labute approximate surface area is 208 Å². The molecule has 186 valence electrons. The summed E-state index contributed by atoms with van der Waals surface area (Å²) in [5, 5.41) is 23.0. The molecule has 3 aromatic rings. The zero-order chi connectivity index (χ0) is 25.3. The average molecular weight is 489 g/mol. The molecular formula is C25H28N8O3. The first-order valence-corrected chi connectivity index (χ1v) is 12.1. The third kappa shape index (κ3) is 4.93. The average Bonchev–Trinajstić information content (AvgIpc) is 3.45. The standard InChI is InChI=1S/C25H28N8O3/c1-25(7-8-25)32-19-10-20(21-14-28-22-9-15(11-26)12-29-33(21)22)27-13-18(19)23(34)30-16-3-5-17(6-4-16)31-24(35)36-2/h9-10,12-14,16-17H,3-8H2,1-2H3,(H,27,32)(H,30,34)(H,31,35). The monoisotopic (exact) mass is 488 g/mol. The third-order valence-corrected chi connectivity index (χ3v) is 6.91. The van der Waals surface area contributed by atoms with E-state index < -0.39 is 6.09 Å². The van der Waals surface area contributed by atoms with Crippen LogP contribution < -0.4 is 16.0 Å². The minimum Gasteiger partial charge on any atom is -0.453 e. The van der Waals surface area contributed by atoms with Gasteiger partial charge in [-0.3, -0.25) is 9.78 Å². The molecule has 2 fully saturated rings. The first-order chi connectivity index (χ1) is 17.4. The molecule has 11 heteroatoms. The SMILES string of the molecule is COC(=O)NC1CCC(NC(=O)c2cnc(-c3cnc4cc(C#N)cnn34)cc2NC2(C)CC2)CC1. The minimum atomic E-state index is -0.426. The first kappa shape index (κ1) is 23.5. The molecule has 0 saturated heterocycles. The number of anilines is 1. The van der Waals surface area contributed by atoms with Crippen LogP contribution in [0.25, 0.3) is 17.0 Å². The number of carbonyl (C=O) groups excluding carboxylic acids is 2. The van der Waals surface area contributed by atoms with E-state index in [0.29, 0.717) is 33.8 Å². The predicted octanol–water partition coefficient (Wildman–Crippen LogP) is 3.02. The fourth-order valence-electron chi connectivity index (χ4n) is 4.50. The molecule has 0 atom stereocenters. The number of methoxy groups -OCH3 is 1. The van der Waals surface area contributed by atoms with Gasteiger partial charge in [0.25, 0.3) is 5.91 Å². The van der Waals surface area contributed by atoms with Crippen molar-refractivity contribution in [3.8, 4) is 17.5 Å². The number of hydrogen-bond donors (Lipinski definition) is 3. The molecule has 36 heavy (non-hydrogen) atoms. The number of alkyl carbamates (subject to hydrolysis) is 1. The van der Waals surface area contributed by atoms with Crippen molar-refractivity contribution < 1.29 is 14.3 Å². The van der Waals surface area contributed by atoms with E-state index in [1.54, 1.807) is 23.0 Å². The molecule has 11 nitrogen and oxygen atoms in total. The molecule has 5 rings (SSSR count). The van der Waals surface area contributed by atoms with Crippen molar-refractivity contribution in [2.24, 2.45) is 0 Å². The number of aromatic nitrogens is 4. The van der Waals surface area contributed by atoms with E-state index in [1.165, 1.54) is 13.3 Å². The molecule has 2 amide bonds. The van der Waals surface area contributed by atoms with Crippen LogP contribution in [0.5, 0.6) is 0 Å². The number of carbonyl (C=O) groups is 2. The summed E-state index contributed by atoms with van der Waals surface area (Å²) in [4.78, 5) is 33.7. The van der Waals surface area contributed by atoms with E-state index in [1.807, 2.05) is 6.07 Å². The summed E-state index contributed by atoms with van der Waals surface area (Å²) in [6.07, 6.45) is 9.44. The second-order valence-electron chi connectivity index (χ2n) is 9.73. The Morgan fingerprint density at radius 1 is 1.08 bits per heavy atom. The summed E-state index contributed by atoms with van der Waals surface area (Å²) in [5.41, 5.74) is 3.41. The Bertz CT molecular complexity index is 1350. The summed E-state index contributed by atoms with van der Waals surface area (Å²) in [7, 11) is 1.35. The Hall–Kier alpha value is -4.20. The number of nitrogens with zero attached hydrogens (tertiary/aromatic N) is 5. The molecule has 3 N–H and O–H groups in total. The van der Waals surface area contributed by atoms with E-state index in [4.69, 9.17) is 5.26 Å². The summed E-state index contributed by atoms with van der Waals surface area (Å²) >= 11 is 0. The smallest absolute Gasteiger partial charge is 0.407 e. The van der Waals surface area contributed by atoms with E-state index >= 15 is 0 Å².